The molecule has 2 aromatic heterocycles. The highest BCUT2D eigenvalue weighted by Crippen LogP contribution is 2.30. The van der Waals surface area contributed by atoms with E-state index in [9.17, 15) is 0 Å². The van der Waals surface area contributed by atoms with E-state index in [2.05, 4.69) is 92.9 Å². The van der Waals surface area contributed by atoms with Gasteiger partial charge in [-0.3, -0.25) is 0 Å². The molecule has 3 aromatic carbocycles. The first-order valence-electron chi connectivity index (χ1n) is 12.1. The van der Waals surface area contributed by atoms with Gasteiger partial charge in [0.05, 0.1) is 11.0 Å². The maximum absolute atomic E-state index is 4.95. The molecule has 0 spiro atoms. The van der Waals surface area contributed by atoms with Gasteiger partial charge in [0.1, 0.15) is 5.82 Å². The standard InChI is InChI=1S/C26H26N6.C2H7N/c1-3-4-12-24-27-23-11-7-8-18(2)25(23)32(24)17-19-13-15-20(16-14-19)21-9-5-6-10-22(21)26-28-30-31-29-26;1-3-2/h5-11,13-16H,3-4,12,17H2,1-2H3,(H,28,29,30,31);3H,1-2H3. The number of hydrogen-bond donors (Lipinski definition) is 2. The predicted molar refractivity (Wildman–Crippen MR) is 142 cm³/mol. The van der Waals surface area contributed by atoms with E-state index in [-0.39, 0.29) is 0 Å². The number of para-hydroxylation sites is 1. The Morgan fingerprint density at radius 3 is 2.34 bits per heavy atom. The van der Waals surface area contributed by atoms with Gasteiger partial charge in [-0.2, -0.15) is 5.21 Å². The normalized spacial score (nSPS) is 10.9. The molecule has 5 rings (SSSR count). The Hall–Kier alpha value is -3.84. The number of rotatable bonds is 7. The van der Waals surface area contributed by atoms with Gasteiger partial charge < -0.3 is 9.88 Å². The Balaban J connectivity index is 0.000000917. The van der Waals surface area contributed by atoms with E-state index < -0.39 is 0 Å². The van der Waals surface area contributed by atoms with Crippen molar-refractivity contribution in [2.75, 3.05) is 14.1 Å². The molecule has 180 valence electrons. The zero-order valence-electron chi connectivity index (χ0n) is 20.9. The highest BCUT2D eigenvalue weighted by molar-refractivity contribution is 5.81. The van der Waals surface area contributed by atoms with Gasteiger partial charge in [-0.1, -0.05) is 74.0 Å². The van der Waals surface area contributed by atoms with Crippen LogP contribution in [-0.4, -0.2) is 44.3 Å². The average Bonchev–Trinajstić information content (AvgIpc) is 3.53. The molecule has 0 atom stereocenters. The Labute approximate surface area is 206 Å². The van der Waals surface area contributed by atoms with Gasteiger partial charge in [0.2, 0.25) is 5.82 Å². The summed E-state index contributed by atoms with van der Waals surface area (Å²) in [4.78, 5) is 4.95. The van der Waals surface area contributed by atoms with Crippen molar-refractivity contribution in [1.82, 2.24) is 35.5 Å². The van der Waals surface area contributed by atoms with Gasteiger partial charge in [0.25, 0.3) is 0 Å². The van der Waals surface area contributed by atoms with Crippen LogP contribution in [0.25, 0.3) is 33.5 Å². The second-order valence-electron chi connectivity index (χ2n) is 8.64. The third-order valence-electron chi connectivity index (χ3n) is 5.92. The van der Waals surface area contributed by atoms with Crippen LogP contribution in [0.5, 0.6) is 0 Å². The van der Waals surface area contributed by atoms with Crippen LogP contribution in [0.1, 0.15) is 36.7 Å². The monoisotopic (exact) mass is 467 g/mol. The Kier molecular flexibility index (Phi) is 8.00. The van der Waals surface area contributed by atoms with E-state index in [1.165, 1.54) is 22.5 Å². The molecule has 0 amide bonds. The molecule has 0 unspecified atom stereocenters. The Bertz CT molecular complexity index is 1350. The summed E-state index contributed by atoms with van der Waals surface area (Å²) in [5.41, 5.74) is 8.04. The quantitative estimate of drug-likeness (QED) is 0.334. The van der Waals surface area contributed by atoms with Crippen LogP contribution in [0.15, 0.2) is 66.7 Å². The summed E-state index contributed by atoms with van der Waals surface area (Å²) in [6, 6.07) is 23.3. The second kappa shape index (κ2) is 11.5. The first kappa shape index (κ1) is 24.3. The zero-order valence-corrected chi connectivity index (χ0v) is 20.9. The molecule has 0 fully saturated rings. The van der Waals surface area contributed by atoms with E-state index in [4.69, 9.17) is 4.98 Å². The van der Waals surface area contributed by atoms with Crippen molar-refractivity contribution < 1.29 is 0 Å². The highest BCUT2D eigenvalue weighted by Gasteiger charge is 2.14. The maximum atomic E-state index is 4.95. The summed E-state index contributed by atoms with van der Waals surface area (Å²) in [5.74, 6) is 1.77. The Morgan fingerprint density at radius 1 is 0.914 bits per heavy atom. The fraction of sp³-hybridized carbons (Fsp3) is 0.286. The van der Waals surface area contributed by atoms with E-state index in [0.29, 0.717) is 5.82 Å². The molecule has 5 aromatic rings. The molecular formula is C28H33N7. The maximum Gasteiger partial charge on any atom is 0.205 e. The van der Waals surface area contributed by atoms with Gasteiger partial charge in [-0.15, -0.1) is 10.2 Å². The molecule has 2 N–H and O–H groups in total. The molecule has 7 heteroatoms. The van der Waals surface area contributed by atoms with Crippen LogP contribution in [0.3, 0.4) is 0 Å². The smallest absolute Gasteiger partial charge is 0.205 e. The summed E-state index contributed by atoms with van der Waals surface area (Å²) in [6.07, 6.45) is 3.31. The number of nitrogens with one attached hydrogen (secondary N) is 2. The minimum absolute atomic E-state index is 0.602. The fourth-order valence-corrected chi connectivity index (χ4v) is 4.29. The first-order valence-corrected chi connectivity index (χ1v) is 12.1. The molecule has 0 aliphatic carbocycles. The van der Waals surface area contributed by atoms with Crippen molar-refractivity contribution in [3.8, 4) is 22.5 Å². The van der Waals surface area contributed by atoms with E-state index in [1.54, 1.807) is 0 Å². The molecule has 0 aliphatic heterocycles. The molecular weight excluding hydrogens is 434 g/mol. The van der Waals surface area contributed by atoms with Gasteiger partial charge in [-0.25, -0.2) is 4.98 Å². The van der Waals surface area contributed by atoms with Crippen LogP contribution >= 0.6 is 0 Å². The van der Waals surface area contributed by atoms with Crippen molar-refractivity contribution in [3.05, 3.63) is 83.7 Å². The number of fused-ring (bicyclic) bond motifs is 1. The zero-order chi connectivity index (χ0) is 24.6. The second-order valence-corrected chi connectivity index (χ2v) is 8.64. The summed E-state index contributed by atoms with van der Waals surface area (Å²) in [5, 5.41) is 17.3. The third kappa shape index (κ3) is 5.46. The topological polar surface area (TPSA) is 84.3 Å². The number of benzene rings is 3. The van der Waals surface area contributed by atoms with Crippen LogP contribution in [0.2, 0.25) is 0 Å². The minimum atomic E-state index is 0.602. The van der Waals surface area contributed by atoms with Crippen molar-refractivity contribution in [2.45, 2.75) is 39.7 Å². The van der Waals surface area contributed by atoms with E-state index in [0.717, 1.165) is 48.0 Å². The number of aromatic amines is 1. The lowest BCUT2D eigenvalue weighted by Crippen LogP contribution is -2.06. The summed E-state index contributed by atoms with van der Waals surface area (Å²) < 4.78 is 2.39. The van der Waals surface area contributed by atoms with Gasteiger partial charge in [0.15, 0.2) is 0 Å². The number of unbranched alkanes of at least 4 members (excludes halogenated alkanes) is 1. The fourth-order valence-electron chi connectivity index (χ4n) is 4.29. The molecule has 2 heterocycles. The van der Waals surface area contributed by atoms with Gasteiger partial charge in [0, 0.05) is 18.5 Å². The Morgan fingerprint density at radius 2 is 1.66 bits per heavy atom. The van der Waals surface area contributed by atoms with Crippen LogP contribution < -0.4 is 5.32 Å². The van der Waals surface area contributed by atoms with Crippen LogP contribution in [0, 0.1) is 6.92 Å². The molecule has 0 saturated heterocycles. The average molecular weight is 468 g/mol. The molecule has 0 bridgehead atoms. The molecule has 35 heavy (non-hydrogen) atoms. The molecule has 0 radical (unpaired) electrons. The molecule has 0 saturated carbocycles. The lowest BCUT2D eigenvalue weighted by molar-refractivity contribution is 0.689. The van der Waals surface area contributed by atoms with Crippen LogP contribution in [-0.2, 0) is 13.0 Å². The first-order chi connectivity index (χ1) is 17.2. The lowest BCUT2D eigenvalue weighted by Gasteiger charge is -2.12. The molecule has 7 nitrogen and oxygen atoms in total. The number of aromatic nitrogens is 6. The van der Waals surface area contributed by atoms with Gasteiger partial charge >= 0.3 is 0 Å². The molecule has 0 aliphatic rings. The highest BCUT2D eigenvalue weighted by atomic mass is 15.5. The van der Waals surface area contributed by atoms with E-state index >= 15 is 0 Å². The lowest BCUT2D eigenvalue weighted by atomic mass is 9.98. The van der Waals surface area contributed by atoms with E-state index in [1.807, 2.05) is 32.3 Å². The number of nitrogens with zero attached hydrogens (tertiary/aromatic N) is 5. The third-order valence-corrected chi connectivity index (χ3v) is 5.92. The van der Waals surface area contributed by atoms with Gasteiger partial charge in [-0.05, 0) is 61.0 Å². The number of aryl methyl sites for hydroxylation is 2. The van der Waals surface area contributed by atoms with Crippen LogP contribution in [0.4, 0.5) is 0 Å². The number of imidazole rings is 1. The SMILES string of the molecule is CCCCc1nc2cccc(C)c2n1Cc1ccc(-c2ccccc2-c2nn[nH]n2)cc1.CNC. The summed E-state index contributed by atoms with van der Waals surface area (Å²) in [7, 11) is 3.75. The minimum Gasteiger partial charge on any atom is -0.323 e. The van der Waals surface area contributed by atoms with Crippen molar-refractivity contribution >= 4 is 11.0 Å². The predicted octanol–water partition coefficient (Wildman–Crippen LogP) is 5.42. The van der Waals surface area contributed by atoms with Crippen molar-refractivity contribution in [3.63, 3.8) is 0 Å². The van der Waals surface area contributed by atoms with Crippen molar-refractivity contribution in [1.29, 1.82) is 0 Å². The number of hydrogen-bond acceptors (Lipinski definition) is 5. The summed E-state index contributed by atoms with van der Waals surface area (Å²) >= 11 is 0. The number of tetrazole rings is 1. The largest absolute Gasteiger partial charge is 0.323 e. The van der Waals surface area contributed by atoms with Crippen molar-refractivity contribution in [2.24, 2.45) is 0 Å². The summed E-state index contributed by atoms with van der Waals surface area (Å²) in [6.45, 7) is 5.21. The number of H-pyrrole nitrogens is 1.